The number of carboxylic acid groups (broad SMARTS) is 1. The second kappa shape index (κ2) is 18.9. The molecule has 0 aromatic carbocycles. The van der Waals surface area contributed by atoms with Crippen LogP contribution in [0.25, 0.3) is 0 Å². The molecule has 0 atom stereocenters. The zero-order valence-corrected chi connectivity index (χ0v) is 17.0. The molecule has 0 bridgehead atoms. The molecule has 0 aromatic heterocycles. The SMILES string of the molecule is CCCCCCCC/C(CCO)=C(/CCO)CCCCCCCC(=O)O. The Morgan fingerprint density at radius 1 is 0.577 bits per heavy atom. The average Bonchev–Trinajstić information content (AvgIpc) is 2.61. The first-order chi connectivity index (χ1) is 12.7. The van der Waals surface area contributed by atoms with Crippen molar-refractivity contribution < 1.29 is 20.1 Å². The van der Waals surface area contributed by atoms with Gasteiger partial charge in [0, 0.05) is 19.6 Å². The monoisotopic (exact) mass is 370 g/mol. The number of carboxylic acids is 1. The van der Waals surface area contributed by atoms with Crippen molar-refractivity contribution >= 4 is 5.97 Å². The van der Waals surface area contributed by atoms with Crippen LogP contribution >= 0.6 is 0 Å². The lowest BCUT2D eigenvalue weighted by molar-refractivity contribution is -0.137. The van der Waals surface area contributed by atoms with E-state index in [1.807, 2.05) is 0 Å². The highest BCUT2D eigenvalue weighted by molar-refractivity contribution is 5.66. The van der Waals surface area contributed by atoms with Gasteiger partial charge in [0.25, 0.3) is 0 Å². The first-order valence-electron chi connectivity index (χ1n) is 10.8. The summed E-state index contributed by atoms with van der Waals surface area (Å²) in [5, 5.41) is 27.4. The van der Waals surface area contributed by atoms with Gasteiger partial charge in [0.2, 0.25) is 0 Å². The smallest absolute Gasteiger partial charge is 0.303 e. The third-order valence-corrected chi connectivity index (χ3v) is 5.03. The van der Waals surface area contributed by atoms with Crippen LogP contribution in [-0.2, 0) is 4.79 Å². The Balaban J connectivity index is 4.23. The fourth-order valence-corrected chi connectivity index (χ4v) is 3.49. The maximum absolute atomic E-state index is 10.5. The van der Waals surface area contributed by atoms with Gasteiger partial charge >= 0.3 is 5.97 Å². The Morgan fingerprint density at radius 3 is 1.35 bits per heavy atom. The molecule has 3 N–H and O–H groups in total. The van der Waals surface area contributed by atoms with Crippen LogP contribution in [0.1, 0.15) is 110 Å². The van der Waals surface area contributed by atoms with Crippen molar-refractivity contribution in [1.29, 1.82) is 0 Å². The lowest BCUT2D eigenvalue weighted by Gasteiger charge is -2.15. The standard InChI is InChI=1S/C22H42O4/c1-2-3-4-5-7-10-13-20(16-18-23)21(17-19-24)14-11-8-6-9-12-15-22(25)26/h23-24H,2-19H2,1H3,(H,25,26)/b21-20-. The minimum atomic E-state index is -0.707. The van der Waals surface area contributed by atoms with E-state index in [0.717, 1.165) is 57.8 Å². The summed E-state index contributed by atoms with van der Waals surface area (Å²) in [6.45, 7) is 2.60. The number of hydrogen-bond acceptors (Lipinski definition) is 3. The third kappa shape index (κ3) is 15.4. The number of aliphatic hydroxyl groups excluding tert-OH is 2. The van der Waals surface area contributed by atoms with E-state index in [2.05, 4.69) is 6.92 Å². The molecule has 0 aliphatic heterocycles. The van der Waals surface area contributed by atoms with Gasteiger partial charge in [-0.3, -0.25) is 4.79 Å². The highest BCUT2D eigenvalue weighted by Crippen LogP contribution is 2.24. The zero-order chi connectivity index (χ0) is 19.5. The van der Waals surface area contributed by atoms with Crippen molar-refractivity contribution in [2.24, 2.45) is 0 Å². The summed E-state index contributed by atoms with van der Waals surface area (Å²) in [4.78, 5) is 10.5. The van der Waals surface area contributed by atoms with Crippen molar-refractivity contribution in [2.45, 2.75) is 110 Å². The molecule has 154 valence electrons. The van der Waals surface area contributed by atoms with Crippen LogP contribution in [-0.4, -0.2) is 34.5 Å². The number of unbranched alkanes of at least 4 members (excludes halogenated alkanes) is 9. The molecule has 4 heteroatoms. The Bertz CT molecular complexity index is 363. The Morgan fingerprint density at radius 2 is 0.962 bits per heavy atom. The second-order valence-electron chi connectivity index (χ2n) is 7.33. The van der Waals surface area contributed by atoms with Gasteiger partial charge in [-0.2, -0.15) is 0 Å². The molecule has 4 nitrogen and oxygen atoms in total. The predicted molar refractivity (Wildman–Crippen MR) is 108 cm³/mol. The first-order valence-corrected chi connectivity index (χ1v) is 10.8. The van der Waals surface area contributed by atoms with E-state index in [1.165, 1.54) is 49.7 Å². The Labute approximate surface area is 160 Å². The summed E-state index contributed by atoms with van der Waals surface area (Å²) in [7, 11) is 0. The summed E-state index contributed by atoms with van der Waals surface area (Å²) in [5.74, 6) is -0.707. The van der Waals surface area contributed by atoms with E-state index in [1.54, 1.807) is 0 Å². The van der Waals surface area contributed by atoms with Crippen LogP contribution in [0.15, 0.2) is 11.1 Å². The fraction of sp³-hybridized carbons (Fsp3) is 0.864. The van der Waals surface area contributed by atoms with E-state index < -0.39 is 5.97 Å². The average molecular weight is 371 g/mol. The van der Waals surface area contributed by atoms with Gasteiger partial charge in [0.05, 0.1) is 0 Å². The molecule has 0 unspecified atom stereocenters. The Kier molecular flexibility index (Phi) is 18.3. The molecule has 0 aliphatic carbocycles. The normalized spacial score (nSPS) is 12.3. The maximum atomic E-state index is 10.5. The van der Waals surface area contributed by atoms with Crippen molar-refractivity contribution in [1.82, 2.24) is 0 Å². The molecule has 0 rings (SSSR count). The van der Waals surface area contributed by atoms with Crippen molar-refractivity contribution in [2.75, 3.05) is 13.2 Å². The molecular formula is C22H42O4. The number of aliphatic carboxylic acids is 1. The molecule has 0 aliphatic rings. The summed E-state index contributed by atoms with van der Waals surface area (Å²) >= 11 is 0. The van der Waals surface area contributed by atoms with Gasteiger partial charge in [-0.05, 0) is 44.9 Å². The lowest BCUT2D eigenvalue weighted by Crippen LogP contribution is -2.00. The topological polar surface area (TPSA) is 77.8 Å². The summed E-state index contributed by atoms with van der Waals surface area (Å²) < 4.78 is 0. The van der Waals surface area contributed by atoms with E-state index in [9.17, 15) is 15.0 Å². The van der Waals surface area contributed by atoms with Gasteiger partial charge in [0.1, 0.15) is 0 Å². The van der Waals surface area contributed by atoms with Gasteiger partial charge in [-0.15, -0.1) is 0 Å². The van der Waals surface area contributed by atoms with E-state index >= 15 is 0 Å². The predicted octanol–water partition coefficient (Wildman–Crippen LogP) is 5.61. The van der Waals surface area contributed by atoms with E-state index in [4.69, 9.17) is 5.11 Å². The van der Waals surface area contributed by atoms with Gasteiger partial charge in [-0.1, -0.05) is 69.4 Å². The fourth-order valence-electron chi connectivity index (χ4n) is 3.49. The minimum Gasteiger partial charge on any atom is -0.481 e. The van der Waals surface area contributed by atoms with Crippen LogP contribution in [0, 0.1) is 0 Å². The van der Waals surface area contributed by atoms with Crippen molar-refractivity contribution in [3.63, 3.8) is 0 Å². The largest absolute Gasteiger partial charge is 0.481 e. The maximum Gasteiger partial charge on any atom is 0.303 e. The highest BCUT2D eigenvalue weighted by atomic mass is 16.4. The minimum absolute atomic E-state index is 0.180. The van der Waals surface area contributed by atoms with Gasteiger partial charge in [-0.25, -0.2) is 0 Å². The number of hydrogen-bond donors (Lipinski definition) is 3. The molecule has 0 amide bonds. The summed E-state index contributed by atoms with van der Waals surface area (Å²) in [5.41, 5.74) is 2.71. The van der Waals surface area contributed by atoms with Crippen LogP contribution in [0.3, 0.4) is 0 Å². The van der Waals surface area contributed by atoms with Crippen LogP contribution in [0.2, 0.25) is 0 Å². The Hall–Kier alpha value is -0.870. The molecule has 0 saturated carbocycles. The zero-order valence-electron chi connectivity index (χ0n) is 17.0. The second-order valence-corrected chi connectivity index (χ2v) is 7.33. The van der Waals surface area contributed by atoms with Gasteiger partial charge in [0.15, 0.2) is 0 Å². The number of aliphatic hydroxyl groups is 2. The molecule has 0 saturated heterocycles. The lowest BCUT2D eigenvalue weighted by atomic mass is 9.92. The number of carbonyl (C=O) groups is 1. The molecule has 0 aromatic rings. The van der Waals surface area contributed by atoms with Crippen LogP contribution in [0.4, 0.5) is 0 Å². The van der Waals surface area contributed by atoms with Crippen molar-refractivity contribution in [3.8, 4) is 0 Å². The van der Waals surface area contributed by atoms with Crippen LogP contribution < -0.4 is 0 Å². The first kappa shape index (κ1) is 25.1. The van der Waals surface area contributed by atoms with Crippen LogP contribution in [0.5, 0.6) is 0 Å². The van der Waals surface area contributed by atoms with E-state index in [-0.39, 0.29) is 19.6 Å². The molecular weight excluding hydrogens is 328 g/mol. The molecule has 26 heavy (non-hydrogen) atoms. The van der Waals surface area contributed by atoms with Crippen molar-refractivity contribution in [3.05, 3.63) is 11.1 Å². The summed E-state index contributed by atoms with van der Waals surface area (Å²) in [6, 6.07) is 0. The molecule has 0 fully saturated rings. The molecule has 0 spiro atoms. The highest BCUT2D eigenvalue weighted by Gasteiger charge is 2.07. The number of rotatable bonds is 19. The quantitative estimate of drug-likeness (QED) is 0.204. The third-order valence-electron chi connectivity index (χ3n) is 5.03. The summed E-state index contributed by atoms with van der Waals surface area (Å²) in [6.07, 6.45) is 16.5. The molecule has 0 radical (unpaired) electrons. The van der Waals surface area contributed by atoms with E-state index in [0.29, 0.717) is 0 Å². The molecule has 0 heterocycles. The van der Waals surface area contributed by atoms with Gasteiger partial charge < -0.3 is 15.3 Å².